The Kier molecular flexibility index (Phi) is 460. The van der Waals surface area contributed by atoms with Crippen LogP contribution in [-0.2, 0) is 14.4 Å². The molecule has 0 amide bonds. The van der Waals surface area contributed by atoms with Crippen molar-refractivity contribution in [3.8, 4) is 0 Å². The minimum Gasteiger partial charge on any atom is -0.222 e. The fourth-order valence-electron chi connectivity index (χ4n) is 0. The molecule has 0 spiro atoms. The summed E-state index contributed by atoms with van der Waals surface area (Å²) in [6.45, 7) is 0. The van der Waals surface area contributed by atoms with Gasteiger partial charge in [-0.05, 0) is 0 Å². The Morgan fingerprint density at radius 2 is 0.700 bits per heavy atom. The highest BCUT2D eigenvalue weighted by molar-refractivity contribution is 5.75. The average Bonchev–Trinajstić information content (AvgIpc) is 1.70. The topological polar surface area (TPSA) is 123 Å². The normalized spacial score (nSPS) is 2.40. The molecule has 0 aliphatic carbocycles. The first-order valence-corrected chi connectivity index (χ1v) is 1.36. The highest BCUT2D eigenvalue weighted by atomic mass is 16.1. The summed E-state index contributed by atoms with van der Waals surface area (Å²) in [5.74, 6) is 0. The minimum atomic E-state index is 0. The van der Waals surface area contributed by atoms with Crippen LogP contribution in [0.3, 0.4) is 0 Å². The first-order valence-electron chi connectivity index (χ1n) is 1.36. The van der Waals surface area contributed by atoms with Crippen LogP contribution in [0.4, 0.5) is 0 Å². The van der Waals surface area contributed by atoms with Gasteiger partial charge in [-0.2, -0.15) is 0 Å². The molecule has 51 valence electrons. The molecule has 0 aromatic carbocycles. The van der Waals surface area contributed by atoms with E-state index >= 15 is 0 Å². The maximum Gasteiger partial charge on any atom is 0.231 e. The third-order valence-corrected chi connectivity index (χ3v) is 0. The smallest absolute Gasteiger partial charge is 0.222 e. The molecule has 0 bridgehead atoms. The van der Waals surface area contributed by atoms with Gasteiger partial charge in [-0.25, -0.2) is 30.6 Å². The Balaban J connectivity index is -0.0000000257. The summed E-state index contributed by atoms with van der Waals surface area (Å²) in [5, 5.41) is 16.2. The van der Waals surface area contributed by atoms with Crippen molar-refractivity contribution >= 4 is 26.7 Å². The maximum atomic E-state index is 8.35. The Labute approximate surface area is 58.3 Å². The van der Waals surface area contributed by atoms with Crippen LogP contribution < -0.4 is 0 Å². The molecule has 0 rings (SSSR count). The predicted molar refractivity (Wildman–Crippen MR) is 31.0 cm³/mol. The number of carbonyl (C=O) groups excluding carboxylic acids is 3. The second-order valence-corrected chi connectivity index (χ2v) is 0.306. The number of hydrogen-bond acceptors (Lipinski definition) is 6. The summed E-state index contributed by atoms with van der Waals surface area (Å²) in [6.07, 6.45) is 2.25. The van der Waals surface area contributed by atoms with Crippen LogP contribution in [0.5, 0.6) is 0 Å². The van der Waals surface area contributed by atoms with Gasteiger partial charge >= 0.3 is 0 Å². The summed E-state index contributed by atoms with van der Waals surface area (Å²) < 4.78 is 0. The molecule has 0 heterocycles. The van der Waals surface area contributed by atoms with Crippen molar-refractivity contribution in [2.45, 2.75) is 0 Å². The van der Waals surface area contributed by atoms with Gasteiger partial charge in [0.05, 0.1) is 0 Å². The van der Waals surface area contributed by atoms with E-state index in [4.69, 9.17) is 30.6 Å². The molecule has 0 atom stereocenters. The van der Waals surface area contributed by atoms with E-state index in [1.165, 1.54) is 0 Å². The van der Waals surface area contributed by atoms with Crippen LogP contribution in [0, 0.1) is 16.2 Å². The van der Waals surface area contributed by atoms with Crippen LogP contribution in [0.2, 0.25) is 0 Å². The van der Waals surface area contributed by atoms with E-state index in [1.807, 2.05) is 0 Å². The molecule has 0 saturated carbocycles. The molecule has 6 nitrogen and oxygen atoms in total. The van der Waals surface area contributed by atoms with Gasteiger partial charge in [0.2, 0.25) is 18.2 Å². The van der Waals surface area contributed by atoms with E-state index in [2.05, 4.69) is 0 Å². The molecule has 0 unspecified atom stereocenters. The van der Waals surface area contributed by atoms with E-state index in [0.717, 1.165) is 18.2 Å². The van der Waals surface area contributed by atoms with Crippen LogP contribution in [0.1, 0.15) is 0 Å². The zero-order chi connectivity index (χ0) is 8.12. The average molecular weight is 140 g/mol. The lowest BCUT2D eigenvalue weighted by Crippen LogP contribution is -1.16. The lowest BCUT2D eigenvalue weighted by molar-refractivity contribution is 0.562. The third-order valence-electron chi connectivity index (χ3n) is 0. The Bertz CT molecular complexity index is 111. The first kappa shape index (κ1) is 24.1. The van der Waals surface area contributed by atoms with Crippen molar-refractivity contribution in [1.29, 1.82) is 16.2 Å². The Morgan fingerprint density at radius 3 is 0.700 bits per heavy atom. The number of rotatable bonds is 0. The number of hydrogen-bond donors (Lipinski definition) is 3. The van der Waals surface area contributed by atoms with E-state index < -0.39 is 0 Å². The zero-order valence-electron chi connectivity index (χ0n) is 4.80. The van der Waals surface area contributed by atoms with E-state index in [1.54, 1.807) is 0 Å². The van der Waals surface area contributed by atoms with Gasteiger partial charge in [0.1, 0.15) is 0 Å². The number of nitrogens with one attached hydrogen (secondary N) is 3. The van der Waals surface area contributed by atoms with Gasteiger partial charge in [-0.1, -0.05) is 0 Å². The Hall–Kier alpha value is -1.80. The molecule has 3 radical (unpaired) electrons. The van der Waals surface area contributed by atoms with Crippen molar-refractivity contribution in [3.05, 3.63) is 0 Å². The maximum absolute atomic E-state index is 8.35. The third kappa shape index (κ3) is 52.2. The molecular weight excluding hydrogens is 137 g/mol. The number of isocyanates is 3. The van der Waals surface area contributed by atoms with Crippen molar-refractivity contribution < 1.29 is 14.4 Å². The van der Waals surface area contributed by atoms with Gasteiger partial charge in [0, 0.05) is 8.41 Å². The molecule has 10 heavy (non-hydrogen) atoms. The largest absolute Gasteiger partial charge is 0.231 e. The summed E-state index contributed by atoms with van der Waals surface area (Å²) in [5.41, 5.74) is 0. The fourth-order valence-corrected chi connectivity index (χ4v) is 0. The molecular formula is C3H3BN3O3. The van der Waals surface area contributed by atoms with Crippen LogP contribution in [0.25, 0.3) is 0 Å². The summed E-state index contributed by atoms with van der Waals surface area (Å²) in [4.78, 5) is 25.0. The summed E-state index contributed by atoms with van der Waals surface area (Å²) in [6, 6.07) is 0. The fraction of sp³-hybridized carbons (Fsp3) is 0. The Morgan fingerprint density at radius 1 is 0.700 bits per heavy atom. The van der Waals surface area contributed by atoms with E-state index in [0.29, 0.717) is 0 Å². The molecule has 0 aliphatic rings. The molecule has 0 aliphatic heterocycles. The lowest BCUT2D eigenvalue weighted by atomic mass is 10.8. The molecule has 0 aromatic heterocycles. The van der Waals surface area contributed by atoms with E-state index in [-0.39, 0.29) is 8.41 Å². The van der Waals surface area contributed by atoms with Crippen molar-refractivity contribution in [3.63, 3.8) is 0 Å². The van der Waals surface area contributed by atoms with E-state index in [9.17, 15) is 0 Å². The van der Waals surface area contributed by atoms with Crippen LogP contribution in [0.15, 0.2) is 0 Å². The van der Waals surface area contributed by atoms with Gasteiger partial charge in [-0.15, -0.1) is 0 Å². The summed E-state index contributed by atoms with van der Waals surface area (Å²) in [7, 11) is 0. The quantitative estimate of drug-likeness (QED) is 0.234. The highest BCUT2D eigenvalue weighted by Gasteiger charge is 1.04. The van der Waals surface area contributed by atoms with Gasteiger partial charge in [-0.3, -0.25) is 0 Å². The molecule has 0 fully saturated rings. The highest BCUT2D eigenvalue weighted by Crippen LogP contribution is 0.874. The van der Waals surface area contributed by atoms with Gasteiger partial charge in [0.15, 0.2) is 0 Å². The monoisotopic (exact) mass is 140 g/mol. The SMILES string of the molecule is N=C=O.N=C=O.N=C=O.[B]. The molecule has 3 N–H and O–H groups in total. The molecule has 0 saturated heterocycles. The molecule has 0 aromatic rings. The predicted octanol–water partition coefficient (Wildman–Crippen LogP) is -0.678. The lowest BCUT2D eigenvalue weighted by Gasteiger charge is -1.02. The summed E-state index contributed by atoms with van der Waals surface area (Å²) >= 11 is 0. The zero-order valence-corrected chi connectivity index (χ0v) is 4.80. The standard InChI is InChI=1S/3CHNO.B/c3*2-1-3;/h3*2H;. The van der Waals surface area contributed by atoms with Crippen molar-refractivity contribution in [2.24, 2.45) is 0 Å². The first-order chi connectivity index (χ1) is 4.24. The van der Waals surface area contributed by atoms with Crippen molar-refractivity contribution in [1.82, 2.24) is 0 Å². The van der Waals surface area contributed by atoms with Gasteiger partial charge < -0.3 is 0 Å². The molecule has 7 heteroatoms. The second-order valence-electron chi connectivity index (χ2n) is 0.306. The van der Waals surface area contributed by atoms with Crippen molar-refractivity contribution in [2.75, 3.05) is 0 Å². The van der Waals surface area contributed by atoms with Crippen LogP contribution >= 0.6 is 0 Å². The van der Waals surface area contributed by atoms with Gasteiger partial charge in [0.25, 0.3) is 0 Å². The minimum absolute atomic E-state index is 0. The van der Waals surface area contributed by atoms with Crippen LogP contribution in [-0.4, -0.2) is 26.7 Å². The second kappa shape index (κ2) is 191.